The Balaban J connectivity index is 2.52. The Morgan fingerprint density at radius 2 is 1.94 bits per heavy atom. The van der Waals surface area contributed by atoms with E-state index in [9.17, 15) is 8.78 Å². The van der Waals surface area contributed by atoms with Crippen molar-refractivity contribution in [1.82, 2.24) is 5.32 Å². The number of hydrogen-bond donors (Lipinski definition) is 1. The largest absolute Gasteiger partial charge is 0.309 e. The second-order valence-corrected chi connectivity index (χ2v) is 7.39. The Hall–Kier alpha value is -0.300. The maximum Gasteiger partial charge on any atom is 0.163 e. The second-order valence-electron chi connectivity index (χ2n) is 3.64. The van der Waals surface area contributed by atoms with Crippen molar-refractivity contribution >= 4 is 43.2 Å². The highest BCUT2D eigenvalue weighted by Crippen LogP contribution is 2.38. The van der Waals surface area contributed by atoms with Gasteiger partial charge in [0.1, 0.15) is 0 Å². The van der Waals surface area contributed by atoms with Crippen molar-refractivity contribution in [1.29, 1.82) is 0 Å². The van der Waals surface area contributed by atoms with Gasteiger partial charge in [-0.1, -0.05) is 12.1 Å². The lowest BCUT2D eigenvalue weighted by Gasteiger charge is -2.17. The van der Waals surface area contributed by atoms with Crippen molar-refractivity contribution in [3.63, 3.8) is 0 Å². The molecule has 0 aliphatic rings. The van der Waals surface area contributed by atoms with E-state index in [2.05, 4.69) is 37.2 Å². The van der Waals surface area contributed by atoms with Crippen molar-refractivity contribution in [2.75, 3.05) is 7.05 Å². The van der Waals surface area contributed by atoms with E-state index < -0.39 is 17.7 Å². The Bertz CT molecular complexity index is 571. The van der Waals surface area contributed by atoms with Crippen molar-refractivity contribution in [2.24, 2.45) is 0 Å². The molecule has 1 unspecified atom stereocenters. The summed E-state index contributed by atoms with van der Waals surface area (Å²) in [6, 6.07) is 5.70. The molecule has 0 spiro atoms. The number of nitrogens with one attached hydrogen (secondary N) is 1. The molecule has 0 fully saturated rings. The van der Waals surface area contributed by atoms with Crippen LogP contribution < -0.4 is 5.32 Å². The molecule has 18 heavy (non-hydrogen) atoms. The first-order valence-electron chi connectivity index (χ1n) is 5.10. The van der Waals surface area contributed by atoms with E-state index >= 15 is 0 Å². The van der Waals surface area contributed by atoms with Gasteiger partial charge < -0.3 is 5.32 Å². The molecule has 96 valence electrons. The Kier molecular flexibility index (Phi) is 4.53. The SMILES string of the molecule is CNC(c1cc(Br)sc1Br)c1cccc(F)c1F. The third-order valence-electron chi connectivity index (χ3n) is 2.58. The van der Waals surface area contributed by atoms with Gasteiger partial charge >= 0.3 is 0 Å². The van der Waals surface area contributed by atoms with E-state index in [4.69, 9.17) is 0 Å². The lowest BCUT2D eigenvalue weighted by atomic mass is 10.0. The molecule has 6 heteroatoms. The predicted octanol–water partition coefficient (Wildman–Crippen LogP) is 4.86. The average Bonchev–Trinajstić information content (AvgIpc) is 2.65. The van der Waals surface area contributed by atoms with Gasteiger partial charge in [0.2, 0.25) is 0 Å². The molecule has 0 saturated heterocycles. The molecule has 2 aromatic rings. The first kappa shape index (κ1) is 14.1. The molecule has 1 atom stereocenters. The van der Waals surface area contributed by atoms with Gasteiger partial charge in [0.05, 0.1) is 13.6 Å². The van der Waals surface area contributed by atoms with Gasteiger partial charge in [-0.2, -0.15) is 0 Å². The number of hydrogen-bond acceptors (Lipinski definition) is 2. The molecule has 2 rings (SSSR count). The van der Waals surface area contributed by atoms with Crippen LogP contribution in [0.15, 0.2) is 31.8 Å². The van der Waals surface area contributed by atoms with Crippen LogP contribution in [-0.2, 0) is 0 Å². The Morgan fingerprint density at radius 3 is 2.50 bits per heavy atom. The van der Waals surface area contributed by atoms with Gasteiger partial charge in [0.15, 0.2) is 11.6 Å². The summed E-state index contributed by atoms with van der Waals surface area (Å²) in [7, 11) is 1.72. The number of rotatable bonds is 3. The lowest BCUT2D eigenvalue weighted by Crippen LogP contribution is -2.19. The third kappa shape index (κ3) is 2.66. The summed E-state index contributed by atoms with van der Waals surface area (Å²) < 4.78 is 28.9. The number of benzene rings is 1. The zero-order valence-electron chi connectivity index (χ0n) is 9.31. The first-order valence-corrected chi connectivity index (χ1v) is 7.50. The van der Waals surface area contributed by atoms with E-state index in [0.717, 1.165) is 19.2 Å². The van der Waals surface area contributed by atoms with Crippen molar-refractivity contribution in [2.45, 2.75) is 6.04 Å². The van der Waals surface area contributed by atoms with Crippen LogP contribution in [0.5, 0.6) is 0 Å². The van der Waals surface area contributed by atoms with Crippen LogP contribution in [0.3, 0.4) is 0 Å². The zero-order valence-corrected chi connectivity index (χ0v) is 13.3. The van der Waals surface area contributed by atoms with E-state index in [0.29, 0.717) is 5.56 Å². The summed E-state index contributed by atoms with van der Waals surface area (Å²) in [5.74, 6) is -1.65. The molecule has 0 radical (unpaired) electrons. The quantitative estimate of drug-likeness (QED) is 0.781. The maximum absolute atomic E-state index is 13.8. The van der Waals surface area contributed by atoms with Gasteiger partial charge in [-0.25, -0.2) is 8.78 Å². The van der Waals surface area contributed by atoms with Crippen molar-refractivity contribution in [3.05, 3.63) is 54.6 Å². The molecule has 1 N–H and O–H groups in total. The minimum absolute atomic E-state index is 0.295. The first-order chi connectivity index (χ1) is 8.54. The fourth-order valence-corrected chi connectivity index (χ4v) is 4.67. The Morgan fingerprint density at radius 1 is 1.22 bits per heavy atom. The molecule has 1 heterocycles. The molecule has 0 aliphatic heterocycles. The molecule has 0 saturated carbocycles. The predicted molar refractivity (Wildman–Crippen MR) is 77.0 cm³/mol. The van der Waals surface area contributed by atoms with Gasteiger partial charge in [-0.3, -0.25) is 0 Å². The second kappa shape index (κ2) is 5.77. The summed E-state index contributed by atoms with van der Waals surface area (Å²) >= 11 is 8.30. The van der Waals surface area contributed by atoms with E-state index in [1.807, 2.05) is 6.07 Å². The fourth-order valence-electron chi connectivity index (χ4n) is 1.77. The smallest absolute Gasteiger partial charge is 0.163 e. The van der Waals surface area contributed by atoms with Crippen LogP contribution >= 0.6 is 43.2 Å². The molecule has 0 amide bonds. The monoisotopic (exact) mass is 395 g/mol. The summed E-state index contributed by atoms with van der Waals surface area (Å²) in [4.78, 5) is 0. The molecule has 1 aromatic carbocycles. The van der Waals surface area contributed by atoms with Crippen LogP contribution in [0.1, 0.15) is 17.2 Å². The topological polar surface area (TPSA) is 12.0 Å². The summed E-state index contributed by atoms with van der Waals surface area (Å²) in [5.41, 5.74) is 1.17. The normalized spacial score (nSPS) is 12.7. The van der Waals surface area contributed by atoms with E-state index in [1.165, 1.54) is 17.4 Å². The van der Waals surface area contributed by atoms with Crippen LogP contribution in [-0.4, -0.2) is 7.05 Å². The minimum atomic E-state index is -0.835. The highest BCUT2D eigenvalue weighted by molar-refractivity contribution is 9.12. The average molecular weight is 397 g/mol. The highest BCUT2D eigenvalue weighted by atomic mass is 79.9. The third-order valence-corrected chi connectivity index (χ3v) is 4.96. The standard InChI is InChI=1S/C12H9Br2F2NS/c1-17-11(7-5-9(13)18-12(7)14)6-3-2-4-8(15)10(6)16/h2-5,11,17H,1H3. The molecular formula is C12H9Br2F2NS. The minimum Gasteiger partial charge on any atom is -0.309 e. The van der Waals surface area contributed by atoms with Crippen LogP contribution in [0.4, 0.5) is 8.78 Å². The van der Waals surface area contributed by atoms with Crippen molar-refractivity contribution < 1.29 is 8.78 Å². The molecule has 0 bridgehead atoms. The molecule has 0 aliphatic carbocycles. The number of thiophene rings is 1. The molecule has 1 nitrogen and oxygen atoms in total. The summed E-state index contributed by atoms with van der Waals surface area (Å²) in [6.07, 6.45) is 0. The van der Waals surface area contributed by atoms with Gasteiger partial charge in [0, 0.05) is 5.56 Å². The van der Waals surface area contributed by atoms with Crippen LogP contribution in [0.2, 0.25) is 0 Å². The Labute approximate surface area is 124 Å². The fraction of sp³-hybridized carbons (Fsp3) is 0.167. The van der Waals surface area contributed by atoms with Gasteiger partial charge in [-0.05, 0) is 56.6 Å². The van der Waals surface area contributed by atoms with Gasteiger partial charge in [0.25, 0.3) is 0 Å². The highest BCUT2D eigenvalue weighted by Gasteiger charge is 2.22. The van der Waals surface area contributed by atoms with Crippen molar-refractivity contribution in [3.8, 4) is 0 Å². The number of halogens is 4. The summed E-state index contributed by atoms with van der Waals surface area (Å²) in [5, 5.41) is 3.01. The summed E-state index contributed by atoms with van der Waals surface area (Å²) in [6.45, 7) is 0. The zero-order chi connectivity index (χ0) is 13.3. The van der Waals surface area contributed by atoms with E-state index in [1.54, 1.807) is 13.1 Å². The molecular weight excluding hydrogens is 388 g/mol. The van der Waals surface area contributed by atoms with E-state index in [-0.39, 0.29) is 0 Å². The van der Waals surface area contributed by atoms with Gasteiger partial charge in [-0.15, -0.1) is 11.3 Å². The maximum atomic E-state index is 13.8. The van der Waals surface area contributed by atoms with Crippen LogP contribution in [0.25, 0.3) is 0 Å². The molecule has 1 aromatic heterocycles. The lowest BCUT2D eigenvalue weighted by molar-refractivity contribution is 0.487. The van der Waals surface area contributed by atoms with Crippen LogP contribution in [0, 0.1) is 11.6 Å².